The Morgan fingerprint density at radius 1 is 1.23 bits per heavy atom. The van der Waals surface area contributed by atoms with E-state index in [-0.39, 0.29) is 0 Å². The van der Waals surface area contributed by atoms with E-state index in [1.54, 1.807) is 7.11 Å². The maximum absolute atomic E-state index is 5.42. The number of nitrogens with one attached hydrogen (secondary N) is 1. The predicted molar refractivity (Wildman–Crippen MR) is 91.6 cm³/mol. The summed E-state index contributed by atoms with van der Waals surface area (Å²) in [6.45, 7) is 4.25. The first-order chi connectivity index (χ1) is 10.8. The molecule has 2 aromatic rings. The molecule has 0 saturated heterocycles. The van der Waals surface area contributed by atoms with Crippen molar-refractivity contribution in [3.8, 4) is 5.75 Å². The Morgan fingerprint density at radius 3 is 2.91 bits per heavy atom. The fourth-order valence-electron chi connectivity index (χ4n) is 3.34. The van der Waals surface area contributed by atoms with Crippen LogP contribution in [0.5, 0.6) is 5.75 Å². The number of aryl methyl sites for hydroxylation is 1. The molecule has 0 radical (unpaired) electrons. The third-order valence-electron chi connectivity index (χ3n) is 4.60. The molecule has 1 aliphatic rings. The van der Waals surface area contributed by atoms with Gasteiger partial charge in [-0.2, -0.15) is 0 Å². The zero-order valence-electron chi connectivity index (χ0n) is 13.7. The fourth-order valence-corrected chi connectivity index (χ4v) is 3.34. The monoisotopic (exact) mass is 298 g/mol. The second kappa shape index (κ2) is 7.10. The van der Waals surface area contributed by atoms with Crippen molar-refractivity contribution in [1.82, 2.24) is 10.3 Å². The van der Waals surface area contributed by atoms with Crippen LogP contribution in [0.25, 0.3) is 10.9 Å². The van der Waals surface area contributed by atoms with Crippen molar-refractivity contribution in [2.24, 2.45) is 0 Å². The van der Waals surface area contributed by atoms with Crippen LogP contribution in [0.2, 0.25) is 0 Å². The Bertz CT molecular complexity index is 651. The number of ether oxygens (including phenoxy) is 1. The molecule has 0 aliphatic heterocycles. The molecule has 1 aromatic carbocycles. The quantitative estimate of drug-likeness (QED) is 0.818. The summed E-state index contributed by atoms with van der Waals surface area (Å²) in [6, 6.07) is 6.26. The zero-order valence-corrected chi connectivity index (χ0v) is 13.7. The lowest BCUT2D eigenvalue weighted by Gasteiger charge is -2.21. The molecule has 22 heavy (non-hydrogen) atoms. The van der Waals surface area contributed by atoms with E-state index in [4.69, 9.17) is 9.72 Å². The Balaban J connectivity index is 2.02. The van der Waals surface area contributed by atoms with Crippen molar-refractivity contribution in [1.29, 1.82) is 0 Å². The van der Waals surface area contributed by atoms with Crippen LogP contribution in [0.15, 0.2) is 18.2 Å². The van der Waals surface area contributed by atoms with E-state index >= 15 is 0 Å². The number of benzene rings is 1. The van der Waals surface area contributed by atoms with Crippen molar-refractivity contribution in [3.63, 3.8) is 0 Å². The minimum Gasteiger partial charge on any atom is -0.497 e. The first-order valence-electron chi connectivity index (χ1n) is 8.52. The average molecular weight is 298 g/mol. The van der Waals surface area contributed by atoms with E-state index in [0.717, 1.165) is 30.8 Å². The standard InChI is InChI=1S/C19H26N2O/c1-3-4-11-20-13-17-15-7-5-6-8-18(15)21-19-10-9-14(22-2)12-16(17)19/h9-10,12,20H,3-8,11,13H2,1-2H3. The number of hydrogen-bond donors (Lipinski definition) is 1. The second-order valence-corrected chi connectivity index (χ2v) is 6.14. The van der Waals surface area contributed by atoms with E-state index in [1.807, 2.05) is 6.07 Å². The van der Waals surface area contributed by atoms with Crippen LogP contribution in [0.3, 0.4) is 0 Å². The van der Waals surface area contributed by atoms with Gasteiger partial charge >= 0.3 is 0 Å². The van der Waals surface area contributed by atoms with Gasteiger partial charge in [0.15, 0.2) is 0 Å². The summed E-state index contributed by atoms with van der Waals surface area (Å²) in [4.78, 5) is 4.91. The smallest absolute Gasteiger partial charge is 0.119 e. The molecule has 0 atom stereocenters. The number of methoxy groups -OCH3 is 1. The van der Waals surface area contributed by atoms with Gasteiger partial charge in [0, 0.05) is 17.6 Å². The lowest BCUT2D eigenvalue weighted by atomic mass is 9.89. The van der Waals surface area contributed by atoms with Crippen LogP contribution >= 0.6 is 0 Å². The first kappa shape index (κ1) is 15.3. The number of hydrogen-bond acceptors (Lipinski definition) is 3. The Labute approximate surface area is 133 Å². The van der Waals surface area contributed by atoms with Crippen molar-refractivity contribution in [3.05, 3.63) is 35.0 Å². The average Bonchev–Trinajstić information content (AvgIpc) is 2.57. The highest BCUT2D eigenvalue weighted by Gasteiger charge is 2.18. The van der Waals surface area contributed by atoms with Gasteiger partial charge in [-0.1, -0.05) is 13.3 Å². The first-order valence-corrected chi connectivity index (χ1v) is 8.52. The molecule has 1 aliphatic carbocycles. The largest absolute Gasteiger partial charge is 0.497 e. The number of rotatable bonds is 6. The lowest BCUT2D eigenvalue weighted by Crippen LogP contribution is -2.18. The molecule has 0 bridgehead atoms. The summed E-state index contributed by atoms with van der Waals surface area (Å²) in [7, 11) is 1.73. The zero-order chi connectivity index (χ0) is 15.4. The highest BCUT2D eigenvalue weighted by Crippen LogP contribution is 2.31. The fraction of sp³-hybridized carbons (Fsp3) is 0.526. The molecule has 3 heteroatoms. The maximum atomic E-state index is 5.42. The van der Waals surface area contributed by atoms with Crippen molar-refractivity contribution in [2.45, 2.75) is 52.0 Å². The van der Waals surface area contributed by atoms with E-state index in [9.17, 15) is 0 Å². The van der Waals surface area contributed by atoms with Crippen molar-refractivity contribution >= 4 is 10.9 Å². The molecular formula is C19H26N2O. The number of fused-ring (bicyclic) bond motifs is 2. The summed E-state index contributed by atoms with van der Waals surface area (Å²) >= 11 is 0. The van der Waals surface area contributed by atoms with Crippen molar-refractivity contribution < 1.29 is 4.74 Å². The van der Waals surface area contributed by atoms with Crippen LogP contribution < -0.4 is 10.1 Å². The molecule has 0 amide bonds. The van der Waals surface area contributed by atoms with E-state index < -0.39 is 0 Å². The third kappa shape index (κ3) is 3.09. The van der Waals surface area contributed by atoms with Gasteiger partial charge < -0.3 is 10.1 Å². The molecule has 118 valence electrons. The summed E-state index contributed by atoms with van der Waals surface area (Å²) in [5, 5.41) is 4.87. The third-order valence-corrected chi connectivity index (χ3v) is 4.60. The molecule has 0 saturated carbocycles. The molecule has 1 N–H and O–H groups in total. The molecule has 1 aromatic heterocycles. The SMILES string of the molecule is CCCCNCc1c2c(nc3ccc(OC)cc13)CCCC2. The van der Waals surface area contributed by atoms with Crippen LogP contribution in [0, 0.1) is 0 Å². The lowest BCUT2D eigenvalue weighted by molar-refractivity contribution is 0.415. The van der Waals surface area contributed by atoms with Crippen LogP contribution in [0.4, 0.5) is 0 Å². The van der Waals surface area contributed by atoms with Gasteiger partial charge in [0.2, 0.25) is 0 Å². The van der Waals surface area contributed by atoms with Gasteiger partial charge in [-0.25, -0.2) is 0 Å². The summed E-state index contributed by atoms with van der Waals surface area (Å²) in [6.07, 6.45) is 7.31. The van der Waals surface area contributed by atoms with Gasteiger partial charge in [0.25, 0.3) is 0 Å². The summed E-state index contributed by atoms with van der Waals surface area (Å²) < 4.78 is 5.42. The molecule has 0 spiro atoms. The van der Waals surface area contributed by atoms with Crippen molar-refractivity contribution in [2.75, 3.05) is 13.7 Å². The van der Waals surface area contributed by atoms with Crippen LogP contribution in [-0.4, -0.2) is 18.6 Å². The normalized spacial score (nSPS) is 14.1. The number of nitrogens with zero attached hydrogens (tertiary/aromatic N) is 1. The number of pyridine rings is 1. The van der Waals surface area contributed by atoms with E-state index in [1.165, 1.54) is 54.3 Å². The minimum absolute atomic E-state index is 0.917. The molecule has 3 rings (SSSR count). The van der Waals surface area contributed by atoms with E-state index in [2.05, 4.69) is 24.4 Å². The van der Waals surface area contributed by atoms with Crippen LogP contribution in [-0.2, 0) is 19.4 Å². The van der Waals surface area contributed by atoms with Crippen LogP contribution in [0.1, 0.15) is 49.4 Å². The highest BCUT2D eigenvalue weighted by atomic mass is 16.5. The summed E-state index contributed by atoms with van der Waals surface area (Å²) in [5.41, 5.74) is 5.34. The topological polar surface area (TPSA) is 34.2 Å². The maximum Gasteiger partial charge on any atom is 0.119 e. The molecular weight excluding hydrogens is 272 g/mol. The molecule has 3 nitrogen and oxygen atoms in total. The Kier molecular flexibility index (Phi) is 4.94. The predicted octanol–water partition coefficient (Wildman–Crippen LogP) is 4.01. The Morgan fingerprint density at radius 2 is 2.09 bits per heavy atom. The minimum atomic E-state index is 0.917. The highest BCUT2D eigenvalue weighted by molar-refractivity contribution is 5.85. The van der Waals surface area contributed by atoms with Gasteiger partial charge in [0.05, 0.1) is 12.6 Å². The molecule has 0 fully saturated rings. The second-order valence-electron chi connectivity index (χ2n) is 6.14. The van der Waals surface area contributed by atoms with Gasteiger partial charge in [-0.3, -0.25) is 4.98 Å². The van der Waals surface area contributed by atoms with Gasteiger partial charge in [-0.05, 0) is 68.0 Å². The van der Waals surface area contributed by atoms with E-state index in [0.29, 0.717) is 0 Å². The summed E-state index contributed by atoms with van der Waals surface area (Å²) in [5.74, 6) is 0.917. The molecule has 1 heterocycles. The van der Waals surface area contributed by atoms with Gasteiger partial charge in [0.1, 0.15) is 5.75 Å². The Hall–Kier alpha value is -1.61. The number of aromatic nitrogens is 1. The van der Waals surface area contributed by atoms with Gasteiger partial charge in [-0.15, -0.1) is 0 Å². The molecule has 0 unspecified atom stereocenters. The number of unbranched alkanes of at least 4 members (excludes halogenated alkanes) is 1.